The van der Waals surface area contributed by atoms with Crippen LogP contribution in [0.4, 0.5) is 4.39 Å². The molecular weight excluding hydrogens is 431 g/mol. The summed E-state index contributed by atoms with van der Waals surface area (Å²) in [6.07, 6.45) is 2.13. The Bertz CT molecular complexity index is 1020. The van der Waals surface area contributed by atoms with Crippen LogP contribution in [-0.2, 0) is 21.2 Å². The summed E-state index contributed by atoms with van der Waals surface area (Å²) in [7, 11) is -2.31. The molecule has 1 amide bonds. The molecule has 1 atom stereocenters. The van der Waals surface area contributed by atoms with Crippen molar-refractivity contribution in [1.29, 1.82) is 0 Å². The third kappa shape index (κ3) is 5.71. The van der Waals surface area contributed by atoms with E-state index in [9.17, 15) is 17.6 Å². The maximum Gasteiger partial charge on any atom is 0.240 e. The van der Waals surface area contributed by atoms with Crippen LogP contribution >= 0.6 is 11.6 Å². The van der Waals surface area contributed by atoms with Gasteiger partial charge in [-0.2, -0.15) is 0 Å². The summed E-state index contributed by atoms with van der Waals surface area (Å²) in [4.78, 5) is 14.2. The number of carbonyl (C=O) groups is 1. The zero-order valence-electron chi connectivity index (χ0n) is 16.6. The molecule has 1 aliphatic heterocycles. The Morgan fingerprint density at radius 1 is 1.30 bits per heavy atom. The van der Waals surface area contributed by atoms with Gasteiger partial charge in [0.1, 0.15) is 11.6 Å². The summed E-state index contributed by atoms with van der Waals surface area (Å²) in [5, 5.41) is 0.493. The highest BCUT2D eigenvalue weighted by molar-refractivity contribution is 7.89. The van der Waals surface area contributed by atoms with Gasteiger partial charge in [0.05, 0.1) is 17.0 Å². The predicted octanol–water partition coefficient (Wildman–Crippen LogP) is 3.39. The van der Waals surface area contributed by atoms with Gasteiger partial charge < -0.3 is 9.64 Å². The van der Waals surface area contributed by atoms with Crippen LogP contribution in [0.3, 0.4) is 0 Å². The van der Waals surface area contributed by atoms with Crippen molar-refractivity contribution in [3.8, 4) is 5.75 Å². The summed E-state index contributed by atoms with van der Waals surface area (Å²) in [6, 6.07) is 9.86. The molecule has 2 aromatic rings. The second-order valence-electron chi connectivity index (χ2n) is 7.23. The number of halogens is 2. The number of likely N-dealkylation sites (tertiary alicyclic amines) is 1. The van der Waals surface area contributed by atoms with Gasteiger partial charge in [0.2, 0.25) is 15.9 Å². The van der Waals surface area contributed by atoms with Gasteiger partial charge in [0, 0.05) is 25.6 Å². The Morgan fingerprint density at radius 2 is 2.10 bits per heavy atom. The van der Waals surface area contributed by atoms with Crippen LogP contribution in [0.2, 0.25) is 5.02 Å². The molecule has 30 heavy (non-hydrogen) atoms. The number of nitrogens with zero attached hydrogens (tertiary/aromatic N) is 1. The number of piperidine rings is 1. The fourth-order valence-corrected chi connectivity index (χ4v) is 5.07. The molecule has 0 aromatic heterocycles. The Balaban J connectivity index is 1.57. The van der Waals surface area contributed by atoms with Gasteiger partial charge in [-0.25, -0.2) is 17.5 Å². The Morgan fingerprint density at radius 3 is 2.80 bits per heavy atom. The number of nitrogens with one attached hydrogen (secondary N) is 1. The number of ether oxygens (including phenoxy) is 1. The quantitative estimate of drug-likeness (QED) is 0.695. The number of sulfonamides is 1. The molecule has 0 radical (unpaired) electrons. The van der Waals surface area contributed by atoms with E-state index in [-0.39, 0.29) is 17.3 Å². The number of hydrogen-bond donors (Lipinski definition) is 1. The predicted molar refractivity (Wildman–Crippen MR) is 113 cm³/mol. The molecular formula is C21H24ClFN2O4S. The van der Waals surface area contributed by atoms with E-state index in [2.05, 4.69) is 4.72 Å². The van der Waals surface area contributed by atoms with Crippen LogP contribution in [0.25, 0.3) is 0 Å². The topological polar surface area (TPSA) is 75.7 Å². The summed E-state index contributed by atoms with van der Waals surface area (Å²) in [5.74, 6) is -0.0789. The normalized spacial score (nSPS) is 17.0. The lowest BCUT2D eigenvalue weighted by molar-refractivity contribution is -0.132. The lowest BCUT2D eigenvalue weighted by atomic mass is 10.0. The first-order valence-electron chi connectivity index (χ1n) is 9.66. The minimum Gasteiger partial charge on any atom is -0.495 e. The monoisotopic (exact) mass is 454 g/mol. The van der Waals surface area contributed by atoms with Crippen LogP contribution in [0.15, 0.2) is 47.4 Å². The van der Waals surface area contributed by atoms with E-state index in [0.29, 0.717) is 43.0 Å². The molecule has 1 N–H and O–H groups in total. The molecule has 3 rings (SSSR count). The minimum absolute atomic E-state index is 0.0448. The van der Waals surface area contributed by atoms with Gasteiger partial charge in [-0.05, 0) is 55.2 Å². The molecule has 1 heterocycles. The standard InChI is InChI=1S/C21H24ClFN2O4S/c1-29-20-9-7-15(12-19(20)22)8-10-21(26)25-11-3-5-17(14-25)24-30(27,28)18-6-2-4-16(23)13-18/h2,4,6-7,9,12-13,17,24H,3,5,8,10-11,14H2,1H3. The number of aryl methyl sites for hydroxylation is 1. The molecule has 0 bridgehead atoms. The maximum absolute atomic E-state index is 13.4. The molecule has 0 aliphatic carbocycles. The third-order valence-corrected chi connectivity index (χ3v) is 6.86. The van der Waals surface area contributed by atoms with Crippen LogP contribution in [0.1, 0.15) is 24.8 Å². The Hall–Kier alpha value is -2.16. The van der Waals surface area contributed by atoms with Gasteiger partial charge in [0.15, 0.2) is 0 Å². The van der Waals surface area contributed by atoms with E-state index in [1.807, 2.05) is 6.07 Å². The molecule has 1 saturated heterocycles. The molecule has 162 valence electrons. The van der Waals surface area contributed by atoms with E-state index in [1.54, 1.807) is 24.1 Å². The highest BCUT2D eigenvalue weighted by Crippen LogP contribution is 2.25. The van der Waals surface area contributed by atoms with E-state index in [1.165, 1.54) is 18.2 Å². The first-order chi connectivity index (χ1) is 14.3. The minimum atomic E-state index is -3.85. The molecule has 9 heteroatoms. The molecule has 1 fully saturated rings. The first kappa shape index (κ1) is 22.5. The summed E-state index contributed by atoms with van der Waals surface area (Å²) in [6.45, 7) is 0.872. The number of rotatable bonds is 7. The van der Waals surface area contributed by atoms with Gasteiger partial charge in [0.25, 0.3) is 0 Å². The van der Waals surface area contributed by atoms with Crippen LogP contribution in [0, 0.1) is 5.82 Å². The first-order valence-corrected chi connectivity index (χ1v) is 11.5. The van der Waals surface area contributed by atoms with Gasteiger partial charge >= 0.3 is 0 Å². The van der Waals surface area contributed by atoms with E-state index >= 15 is 0 Å². The van der Waals surface area contributed by atoms with E-state index in [0.717, 1.165) is 11.6 Å². The average Bonchev–Trinajstić information content (AvgIpc) is 2.72. The summed E-state index contributed by atoms with van der Waals surface area (Å²) in [5.41, 5.74) is 0.925. The molecule has 6 nitrogen and oxygen atoms in total. The Labute approximate surface area is 181 Å². The van der Waals surface area contributed by atoms with Gasteiger partial charge in [-0.1, -0.05) is 23.7 Å². The lowest BCUT2D eigenvalue weighted by Gasteiger charge is -2.33. The highest BCUT2D eigenvalue weighted by atomic mass is 35.5. The molecule has 0 saturated carbocycles. The van der Waals surface area contributed by atoms with Crippen molar-refractivity contribution < 1.29 is 22.3 Å². The van der Waals surface area contributed by atoms with Crippen LogP contribution in [0.5, 0.6) is 5.75 Å². The third-order valence-electron chi connectivity index (χ3n) is 5.05. The number of amides is 1. The fourth-order valence-electron chi connectivity index (χ4n) is 3.50. The number of methoxy groups -OCH3 is 1. The van der Waals surface area contributed by atoms with Crippen molar-refractivity contribution in [2.75, 3.05) is 20.2 Å². The highest BCUT2D eigenvalue weighted by Gasteiger charge is 2.27. The maximum atomic E-state index is 13.4. The smallest absolute Gasteiger partial charge is 0.240 e. The van der Waals surface area contributed by atoms with Crippen LogP contribution < -0.4 is 9.46 Å². The van der Waals surface area contributed by atoms with Crippen molar-refractivity contribution in [2.45, 2.75) is 36.6 Å². The van der Waals surface area contributed by atoms with Gasteiger partial charge in [-0.3, -0.25) is 4.79 Å². The summed E-state index contributed by atoms with van der Waals surface area (Å²) >= 11 is 6.13. The van der Waals surface area contributed by atoms with Crippen LogP contribution in [-0.4, -0.2) is 45.5 Å². The molecule has 2 aromatic carbocycles. The van der Waals surface area contributed by atoms with E-state index in [4.69, 9.17) is 16.3 Å². The zero-order valence-corrected chi connectivity index (χ0v) is 18.2. The Kier molecular flexibility index (Phi) is 7.33. The van der Waals surface area contributed by atoms with E-state index < -0.39 is 21.9 Å². The zero-order chi connectivity index (χ0) is 21.7. The van der Waals surface area contributed by atoms with Crippen molar-refractivity contribution in [1.82, 2.24) is 9.62 Å². The molecule has 1 unspecified atom stereocenters. The number of carbonyl (C=O) groups excluding carboxylic acids is 1. The number of hydrogen-bond acceptors (Lipinski definition) is 4. The molecule has 0 spiro atoms. The SMILES string of the molecule is COc1ccc(CCC(=O)N2CCCC(NS(=O)(=O)c3cccc(F)c3)C2)cc1Cl. The largest absolute Gasteiger partial charge is 0.495 e. The lowest BCUT2D eigenvalue weighted by Crippen LogP contribution is -2.49. The second kappa shape index (κ2) is 9.76. The molecule has 1 aliphatic rings. The number of benzene rings is 2. The second-order valence-corrected chi connectivity index (χ2v) is 9.35. The van der Waals surface area contributed by atoms with Crippen molar-refractivity contribution in [3.05, 3.63) is 58.9 Å². The average molecular weight is 455 g/mol. The van der Waals surface area contributed by atoms with Crippen molar-refractivity contribution in [3.63, 3.8) is 0 Å². The summed E-state index contributed by atoms with van der Waals surface area (Å²) < 4.78 is 46.1. The fraction of sp³-hybridized carbons (Fsp3) is 0.381. The van der Waals surface area contributed by atoms with Crippen molar-refractivity contribution >= 4 is 27.5 Å². The van der Waals surface area contributed by atoms with Gasteiger partial charge in [-0.15, -0.1) is 0 Å². The van der Waals surface area contributed by atoms with Crippen molar-refractivity contribution in [2.24, 2.45) is 0 Å².